The lowest BCUT2D eigenvalue weighted by Crippen LogP contribution is -2.45. The molecule has 4 nitrogen and oxygen atoms in total. The fourth-order valence-corrected chi connectivity index (χ4v) is 2.84. The van der Waals surface area contributed by atoms with Gasteiger partial charge in [0.05, 0.1) is 11.9 Å². The molecule has 1 amide bonds. The second kappa shape index (κ2) is 10.5. The zero-order chi connectivity index (χ0) is 17.2. The molecule has 5 heteroatoms. The molecule has 0 aliphatic carbocycles. The van der Waals surface area contributed by atoms with Crippen molar-refractivity contribution in [3.63, 3.8) is 0 Å². The summed E-state index contributed by atoms with van der Waals surface area (Å²) in [6, 6.07) is 0. The lowest BCUT2D eigenvalue weighted by molar-refractivity contribution is -0.120. The number of nitrogens with one attached hydrogen (secondary N) is 2. The highest BCUT2D eigenvalue weighted by molar-refractivity contribution is 7.99. The summed E-state index contributed by atoms with van der Waals surface area (Å²) in [6.07, 6.45) is 2.08. The molecule has 0 saturated heterocycles. The van der Waals surface area contributed by atoms with Gasteiger partial charge in [0.15, 0.2) is 0 Å². The minimum Gasteiger partial charge on any atom is -0.378 e. The minimum absolute atomic E-state index is 0.113. The molecule has 132 valence electrons. The monoisotopic (exact) mass is 332 g/mol. The van der Waals surface area contributed by atoms with Crippen LogP contribution in [-0.2, 0) is 9.53 Å². The maximum Gasteiger partial charge on any atom is 0.230 e. The first-order valence-corrected chi connectivity index (χ1v) is 9.36. The smallest absolute Gasteiger partial charge is 0.230 e. The fourth-order valence-electron chi connectivity index (χ4n) is 1.87. The van der Waals surface area contributed by atoms with Crippen LogP contribution in [0, 0.1) is 5.41 Å². The number of carbonyl (C=O) groups excluding carboxylic acids is 1. The molecule has 0 aromatic heterocycles. The zero-order valence-corrected chi connectivity index (χ0v) is 16.4. The first kappa shape index (κ1) is 21.7. The van der Waals surface area contributed by atoms with Crippen LogP contribution in [0.2, 0.25) is 0 Å². The van der Waals surface area contributed by atoms with Gasteiger partial charge < -0.3 is 15.4 Å². The third-order valence-electron chi connectivity index (χ3n) is 3.18. The Bertz CT molecular complexity index is 314. The third-order valence-corrected chi connectivity index (χ3v) is 4.71. The summed E-state index contributed by atoms with van der Waals surface area (Å²) in [5, 5.41) is 6.23. The first-order valence-electron chi connectivity index (χ1n) is 8.21. The standard InChI is InChI=1S/C17H36N2O2S/c1-14(8-10-18-7)21-11-9-17(5,6)19-15(20)12-22-13-16(2,3)4/h14,18H,8-13H2,1-7H3,(H,19,20). The van der Waals surface area contributed by atoms with Crippen molar-refractivity contribution in [1.29, 1.82) is 0 Å². The summed E-state index contributed by atoms with van der Waals surface area (Å²) in [5.41, 5.74) is 0.0416. The lowest BCUT2D eigenvalue weighted by Gasteiger charge is -2.27. The van der Waals surface area contributed by atoms with E-state index in [1.165, 1.54) is 0 Å². The largest absolute Gasteiger partial charge is 0.378 e. The topological polar surface area (TPSA) is 50.4 Å². The molecule has 0 aliphatic heterocycles. The molecular formula is C17H36N2O2S. The molecule has 0 fully saturated rings. The Morgan fingerprint density at radius 1 is 1.23 bits per heavy atom. The molecule has 22 heavy (non-hydrogen) atoms. The van der Waals surface area contributed by atoms with E-state index in [0.29, 0.717) is 12.4 Å². The van der Waals surface area contributed by atoms with E-state index in [-0.39, 0.29) is 23.0 Å². The molecule has 0 spiro atoms. The van der Waals surface area contributed by atoms with Crippen LogP contribution in [0.4, 0.5) is 0 Å². The fraction of sp³-hybridized carbons (Fsp3) is 0.941. The molecule has 1 unspecified atom stereocenters. The summed E-state index contributed by atoms with van der Waals surface area (Å²) in [6.45, 7) is 14.4. The van der Waals surface area contributed by atoms with Crippen molar-refractivity contribution in [3.8, 4) is 0 Å². The van der Waals surface area contributed by atoms with Gasteiger partial charge >= 0.3 is 0 Å². The van der Waals surface area contributed by atoms with Crippen LogP contribution in [0.25, 0.3) is 0 Å². The van der Waals surface area contributed by atoms with E-state index >= 15 is 0 Å². The van der Waals surface area contributed by atoms with E-state index in [1.54, 1.807) is 11.8 Å². The normalized spacial score (nSPS) is 14.0. The lowest BCUT2D eigenvalue weighted by atomic mass is 10.0. The molecule has 0 aromatic carbocycles. The van der Waals surface area contributed by atoms with Crippen molar-refractivity contribution in [2.75, 3.05) is 31.7 Å². The maximum absolute atomic E-state index is 12.0. The third kappa shape index (κ3) is 13.4. The van der Waals surface area contributed by atoms with Gasteiger partial charge in [-0.25, -0.2) is 0 Å². The predicted molar refractivity (Wildman–Crippen MR) is 97.6 cm³/mol. The van der Waals surface area contributed by atoms with Crippen LogP contribution >= 0.6 is 11.8 Å². The summed E-state index contributed by atoms with van der Waals surface area (Å²) >= 11 is 1.70. The van der Waals surface area contributed by atoms with Crippen LogP contribution in [0.15, 0.2) is 0 Å². The number of hydrogen-bond acceptors (Lipinski definition) is 4. The van der Waals surface area contributed by atoms with Gasteiger partial charge in [0.25, 0.3) is 0 Å². The highest BCUT2D eigenvalue weighted by Gasteiger charge is 2.21. The average Bonchev–Trinajstić information content (AvgIpc) is 2.33. The molecule has 0 saturated carbocycles. The number of amides is 1. The van der Waals surface area contributed by atoms with Crippen molar-refractivity contribution < 1.29 is 9.53 Å². The Kier molecular flexibility index (Phi) is 10.4. The van der Waals surface area contributed by atoms with Gasteiger partial charge in [-0.1, -0.05) is 20.8 Å². The van der Waals surface area contributed by atoms with E-state index in [9.17, 15) is 4.79 Å². The van der Waals surface area contributed by atoms with Gasteiger partial charge in [0, 0.05) is 12.1 Å². The number of carbonyl (C=O) groups is 1. The average molecular weight is 333 g/mol. The highest BCUT2D eigenvalue weighted by atomic mass is 32.2. The van der Waals surface area contributed by atoms with Crippen molar-refractivity contribution in [2.45, 2.75) is 66.0 Å². The van der Waals surface area contributed by atoms with Crippen molar-refractivity contribution >= 4 is 17.7 Å². The van der Waals surface area contributed by atoms with Gasteiger partial charge in [0.2, 0.25) is 5.91 Å². The quantitative estimate of drug-likeness (QED) is 0.610. The molecule has 0 bridgehead atoms. The first-order chi connectivity index (χ1) is 10.1. The minimum atomic E-state index is -0.220. The van der Waals surface area contributed by atoms with Gasteiger partial charge in [-0.2, -0.15) is 11.8 Å². The highest BCUT2D eigenvalue weighted by Crippen LogP contribution is 2.20. The second-order valence-corrected chi connectivity index (χ2v) is 8.79. The van der Waals surface area contributed by atoms with Gasteiger partial charge in [-0.15, -0.1) is 0 Å². The van der Waals surface area contributed by atoms with E-state index in [0.717, 1.165) is 25.1 Å². The number of thioether (sulfide) groups is 1. The Labute approximate surface area is 141 Å². The van der Waals surface area contributed by atoms with Gasteiger partial charge in [-0.05, 0) is 58.4 Å². The number of ether oxygens (including phenoxy) is 1. The Morgan fingerprint density at radius 2 is 1.86 bits per heavy atom. The number of rotatable bonds is 11. The molecule has 2 N–H and O–H groups in total. The molecule has 0 radical (unpaired) electrons. The summed E-state index contributed by atoms with van der Waals surface area (Å²) < 4.78 is 5.79. The molecule has 0 heterocycles. The molecule has 1 atom stereocenters. The molecule has 0 aliphatic rings. The van der Waals surface area contributed by atoms with Crippen LogP contribution in [0.1, 0.15) is 54.4 Å². The summed E-state index contributed by atoms with van der Waals surface area (Å²) in [4.78, 5) is 12.0. The Morgan fingerprint density at radius 3 is 2.41 bits per heavy atom. The maximum atomic E-state index is 12.0. The van der Waals surface area contributed by atoms with E-state index in [1.807, 2.05) is 7.05 Å². The summed E-state index contributed by atoms with van der Waals surface area (Å²) in [7, 11) is 1.95. The zero-order valence-electron chi connectivity index (χ0n) is 15.5. The van der Waals surface area contributed by atoms with Crippen molar-refractivity contribution in [3.05, 3.63) is 0 Å². The Hall–Kier alpha value is -0.260. The van der Waals surface area contributed by atoms with Crippen LogP contribution in [-0.4, -0.2) is 49.3 Å². The van der Waals surface area contributed by atoms with E-state index in [2.05, 4.69) is 52.2 Å². The van der Waals surface area contributed by atoms with Crippen LogP contribution in [0.3, 0.4) is 0 Å². The van der Waals surface area contributed by atoms with Crippen molar-refractivity contribution in [2.24, 2.45) is 5.41 Å². The van der Waals surface area contributed by atoms with Crippen LogP contribution in [0.5, 0.6) is 0 Å². The molecule has 0 rings (SSSR count). The Balaban J connectivity index is 3.90. The van der Waals surface area contributed by atoms with Crippen LogP contribution < -0.4 is 10.6 Å². The molecule has 0 aromatic rings. The SMILES string of the molecule is CNCCC(C)OCCC(C)(C)NC(=O)CSCC(C)(C)C. The van der Waals surface area contributed by atoms with Gasteiger partial charge in [0.1, 0.15) is 0 Å². The molecular weight excluding hydrogens is 296 g/mol. The second-order valence-electron chi connectivity index (χ2n) is 7.81. The predicted octanol–water partition coefficient (Wildman–Crippen LogP) is 3.07. The number of hydrogen-bond donors (Lipinski definition) is 2. The van der Waals surface area contributed by atoms with Gasteiger partial charge in [-0.3, -0.25) is 4.79 Å². The van der Waals surface area contributed by atoms with E-state index in [4.69, 9.17) is 4.74 Å². The van der Waals surface area contributed by atoms with E-state index < -0.39 is 0 Å². The van der Waals surface area contributed by atoms with Crippen molar-refractivity contribution in [1.82, 2.24) is 10.6 Å². The summed E-state index contributed by atoms with van der Waals surface area (Å²) in [5.74, 6) is 1.63.